The lowest BCUT2D eigenvalue weighted by molar-refractivity contribution is -0.126. The lowest BCUT2D eigenvalue weighted by Gasteiger charge is -2.22. The van der Waals surface area contributed by atoms with Gasteiger partial charge in [-0.25, -0.2) is 0 Å². The molecule has 0 unspecified atom stereocenters. The Hall–Kier alpha value is -3.95. The molecule has 0 aliphatic carbocycles. The number of hydrogen-bond donors (Lipinski definition) is 5. The van der Waals surface area contributed by atoms with Gasteiger partial charge in [-0.3, -0.25) is 14.4 Å². The monoisotopic (exact) mass is 487 g/mol. The van der Waals surface area contributed by atoms with Gasteiger partial charge in [-0.15, -0.1) is 0 Å². The Morgan fingerprint density at radius 2 is 1.61 bits per heavy atom. The smallest absolute Gasteiger partial charge is 0.251 e. The van der Waals surface area contributed by atoms with E-state index >= 15 is 0 Å². The minimum Gasteiger partial charge on any atom is -0.391 e. The molecule has 36 heavy (non-hydrogen) atoms. The first-order valence-electron chi connectivity index (χ1n) is 11.8. The molecule has 2 aromatic carbocycles. The van der Waals surface area contributed by atoms with Gasteiger partial charge in [0, 0.05) is 22.4 Å². The highest BCUT2D eigenvalue weighted by Gasteiger charge is 2.25. The Morgan fingerprint density at radius 3 is 2.14 bits per heavy atom. The third-order valence-corrected chi connectivity index (χ3v) is 5.67. The Bertz CT molecular complexity index is 1190. The van der Waals surface area contributed by atoms with Crippen LogP contribution in [0.4, 0.5) is 5.69 Å². The number of Topliss-reactive ketones (excluding diaryl/α,β-unsaturated/α-hetero) is 1. The number of carbonyl (C=O) groups is 3. The number of piperidine rings is 1. The summed E-state index contributed by atoms with van der Waals surface area (Å²) in [6, 6.07) is 12.3. The molecule has 5 N–H and O–H groups in total. The molecule has 1 heterocycles. The van der Waals surface area contributed by atoms with Crippen LogP contribution in [0.3, 0.4) is 0 Å². The second-order valence-corrected chi connectivity index (χ2v) is 8.46. The van der Waals surface area contributed by atoms with Gasteiger partial charge < -0.3 is 26.2 Å². The summed E-state index contributed by atoms with van der Waals surface area (Å²) in [5.41, 5.74) is 2.41. The second-order valence-electron chi connectivity index (χ2n) is 8.46. The van der Waals surface area contributed by atoms with Gasteiger partial charge in [0.2, 0.25) is 5.91 Å². The molecule has 8 heteroatoms. The predicted octanol–water partition coefficient (Wildman–Crippen LogP) is 1.21. The van der Waals surface area contributed by atoms with E-state index in [1.54, 1.807) is 36.4 Å². The van der Waals surface area contributed by atoms with Crippen LogP contribution in [0, 0.1) is 23.7 Å². The van der Waals surface area contributed by atoms with E-state index < -0.39 is 30.4 Å². The van der Waals surface area contributed by atoms with Crippen molar-refractivity contribution in [3.05, 3.63) is 65.2 Å². The van der Waals surface area contributed by atoms with Gasteiger partial charge in [-0.2, -0.15) is 0 Å². The normalized spacial score (nSPS) is 16.2. The van der Waals surface area contributed by atoms with E-state index in [1.165, 1.54) is 6.92 Å². The molecule has 0 spiro atoms. The Labute approximate surface area is 210 Å². The molecule has 3 atom stereocenters. The standard InChI is InChI=1S/C28H29N3O5/c1-19(33)26(25(34)18-32)31-27(35)22-13-9-20(10-14-22)6-2-3-7-21-11-15-23(16-12-21)30-28(36)24-8-4-5-17-29-24/h9-16,19,24,26,29,32-33H,4-5,8,17-18H2,1H3,(H,30,36)(H,31,35)/t19-,24+,26+/m1/s1. The van der Waals surface area contributed by atoms with Crippen molar-refractivity contribution in [1.82, 2.24) is 10.6 Å². The van der Waals surface area contributed by atoms with Crippen molar-refractivity contribution in [3.8, 4) is 23.7 Å². The fourth-order valence-corrected chi connectivity index (χ4v) is 3.65. The van der Waals surface area contributed by atoms with Gasteiger partial charge in [0.05, 0.1) is 12.1 Å². The zero-order valence-electron chi connectivity index (χ0n) is 20.0. The molecule has 0 bridgehead atoms. The quantitative estimate of drug-likeness (QED) is 0.374. The van der Waals surface area contributed by atoms with Gasteiger partial charge >= 0.3 is 0 Å². The maximum absolute atomic E-state index is 12.3. The Kier molecular flexibility index (Phi) is 9.79. The molecular formula is C28H29N3O5. The molecule has 0 radical (unpaired) electrons. The van der Waals surface area contributed by atoms with E-state index in [2.05, 4.69) is 39.6 Å². The molecule has 8 nitrogen and oxygen atoms in total. The van der Waals surface area contributed by atoms with Gasteiger partial charge in [-0.1, -0.05) is 18.3 Å². The topological polar surface area (TPSA) is 128 Å². The molecule has 1 fully saturated rings. The molecule has 3 rings (SSSR count). The maximum Gasteiger partial charge on any atom is 0.251 e. The number of hydrogen-bond acceptors (Lipinski definition) is 6. The summed E-state index contributed by atoms with van der Waals surface area (Å²) in [6.45, 7) is 1.45. The third kappa shape index (κ3) is 7.79. The molecule has 1 saturated heterocycles. The van der Waals surface area contributed by atoms with Crippen molar-refractivity contribution in [2.45, 2.75) is 44.4 Å². The van der Waals surface area contributed by atoms with E-state index in [0.29, 0.717) is 11.3 Å². The van der Waals surface area contributed by atoms with Crippen molar-refractivity contribution in [2.75, 3.05) is 18.5 Å². The number of amides is 2. The zero-order valence-corrected chi connectivity index (χ0v) is 20.0. The lowest BCUT2D eigenvalue weighted by atomic mass is 10.0. The van der Waals surface area contributed by atoms with Crippen LogP contribution in [0.2, 0.25) is 0 Å². The molecule has 1 aliphatic heterocycles. The van der Waals surface area contributed by atoms with E-state index in [1.807, 2.05) is 12.1 Å². The first-order valence-corrected chi connectivity index (χ1v) is 11.8. The van der Waals surface area contributed by atoms with Gasteiger partial charge in [0.1, 0.15) is 12.6 Å². The highest BCUT2D eigenvalue weighted by atomic mass is 16.3. The zero-order chi connectivity index (χ0) is 25.9. The van der Waals surface area contributed by atoms with Crippen molar-refractivity contribution in [2.24, 2.45) is 0 Å². The van der Waals surface area contributed by atoms with Crippen molar-refractivity contribution >= 4 is 23.3 Å². The molecule has 186 valence electrons. The SMILES string of the molecule is C[C@@H](O)[C@H](NC(=O)c1ccc(C#CC#Cc2ccc(NC(=O)[C@@H]3CCCCN3)cc2)cc1)C(=O)CO. The van der Waals surface area contributed by atoms with Crippen LogP contribution < -0.4 is 16.0 Å². The number of benzene rings is 2. The van der Waals surface area contributed by atoms with E-state index in [-0.39, 0.29) is 17.5 Å². The highest BCUT2D eigenvalue weighted by molar-refractivity contribution is 5.98. The number of nitrogens with one attached hydrogen (secondary N) is 3. The molecule has 1 aliphatic rings. The van der Waals surface area contributed by atoms with Crippen LogP contribution in [0.1, 0.15) is 47.7 Å². The Morgan fingerprint density at radius 1 is 1.00 bits per heavy atom. The lowest BCUT2D eigenvalue weighted by Crippen LogP contribution is -2.48. The highest BCUT2D eigenvalue weighted by Crippen LogP contribution is 2.12. The summed E-state index contributed by atoms with van der Waals surface area (Å²) in [7, 11) is 0. The van der Waals surface area contributed by atoms with Crippen molar-refractivity contribution in [1.29, 1.82) is 0 Å². The first-order chi connectivity index (χ1) is 17.4. The predicted molar refractivity (Wildman–Crippen MR) is 136 cm³/mol. The second kappa shape index (κ2) is 13.2. The van der Waals surface area contributed by atoms with Gasteiger partial charge in [0.25, 0.3) is 5.91 Å². The summed E-state index contributed by atoms with van der Waals surface area (Å²) in [5.74, 6) is 10.1. The van der Waals surface area contributed by atoms with Crippen molar-refractivity contribution < 1.29 is 24.6 Å². The summed E-state index contributed by atoms with van der Waals surface area (Å²) in [6.07, 6.45) is 1.87. The van der Waals surface area contributed by atoms with Gasteiger partial charge in [-0.05, 0) is 86.7 Å². The summed E-state index contributed by atoms with van der Waals surface area (Å²) >= 11 is 0. The number of aliphatic hydroxyl groups excluding tert-OH is 2. The van der Waals surface area contributed by atoms with Crippen LogP contribution in [-0.4, -0.2) is 59.1 Å². The van der Waals surface area contributed by atoms with Crippen LogP contribution in [0.25, 0.3) is 0 Å². The van der Waals surface area contributed by atoms with Gasteiger partial charge in [0.15, 0.2) is 5.78 Å². The minimum absolute atomic E-state index is 0.0238. The van der Waals surface area contributed by atoms with E-state index in [9.17, 15) is 19.5 Å². The van der Waals surface area contributed by atoms with Crippen molar-refractivity contribution in [3.63, 3.8) is 0 Å². The maximum atomic E-state index is 12.3. The van der Waals surface area contributed by atoms with E-state index in [4.69, 9.17) is 5.11 Å². The first kappa shape index (κ1) is 26.7. The fourth-order valence-electron chi connectivity index (χ4n) is 3.65. The average molecular weight is 488 g/mol. The van der Waals surface area contributed by atoms with Crippen LogP contribution in [-0.2, 0) is 9.59 Å². The minimum atomic E-state index is -1.18. The molecule has 2 amide bonds. The largest absolute Gasteiger partial charge is 0.391 e. The van der Waals surface area contributed by atoms with Crippen LogP contribution >= 0.6 is 0 Å². The fraction of sp³-hybridized carbons (Fsp3) is 0.321. The van der Waals surface area contributed by atoms with Crippen LogP contribution in [0.15, 0.2) is 48.5 Å². The number of rotatable bonds is 7. The molecular weight excluding hydrogens is 458 g/mol. The number of anilines is 1. The summed E-state index contributed by atoms with van der Waals surface area (Å²) < 4.78 is 0. The summed E-state index contributed by atoms with van der Waals surface area (Å²) in [5, 5.41) is 27.2. The molecule has 0 saturated carbocycles. The molecule has 2 aromatic rings. The average Bonchev–Trinajstić information content (AvgIpc) is 2.90. The van der Waals surface area contributed by atoms with Crippen LogP contribution in [0.5, 0.6) is 0 Å². The number of carbonyl (C=O) groups excluding carboxylic acids is 3. The van der Waals surface area contributed by atoms with E-state index in [0.717, 1.165) is 31.4 Å². The summed E-state index contributed by atoms with van der Waals surface area (Å²) in [4.78, 5) is 36.3. The number of aliphatic hydroxyl groups is 2. The third-order valence-electron chi connectivity index (χ3n) is 5.67. The number of ketones is 1. The Balaban J connectivity index is 1.54. The molecule has 0 aromatic heterocycles.